The molecule has 0 saturated heterocycles. The van der Waals surface area contributed by atoms with Crippen molar-refractivity contribution in [3.8, 4) is 0 Å². The van der Waals surface area contributed by atoms with E-state index in [1.54, 1.807) is 6.08 Å². The first kappa shape index (κ1) is 14.5. The Morgan fingerprint density at radius 2 is 1.75 bits per heavy atom. The van der Waals surface area contributed by atoms with Gasteiger partial charge in [-0.2, -0.15) is 0 Å². The van der Waals surface area contributed by atoms with Crippen LogP contribution < -0.4 is 0 Å². The summed E-state index contributed by atoms with van der Waals surface area (Å²) >= 11 is 0. The molecular weight excluding hydrogens is 248 g/mol. The fraction of sp³-hybridized carbons (Fsp3) is 0.222. The Morgan fingerprint density at radius 3 is 2.45 bits per heavy atom. The van der Waals surface area contributed by atoms with Gasteiger partial charge in [-0.15, -0.1) is 0 Å². The lowest BCUT2D eigenvalue weighted by Gasteiger charge is -2.07. The zero-order valence-electron chi connectivity index (χ0n) is 11.7. The van der Waals surface area contributed by atoms with Gasteiger partial charge in [-0.3, -0.25) is 0 Å². The minimum atomic E-state index is -0.583. The van der Waals surface area contributed by atoms with Crippen molar-refractivity contribution in [1.29, 1.82) is 0 Å². The van der Waals surface area contributed by atoms with Crippen molar-refractivity contribution in [2.24, 2.45) is 0 Å². The third-order valence-electron chi connectivity index (χ3n) is 2.99. The van der Waals surface area contributed by atoms with Crippen LogP contribution in [0.2, 0.25) is 0 Å². The molecule has 0 amide bonds. The van der Waals surface area contributed by atoms with Crippen molar-refractivity contribution in [3.05, 3.63) is 77.4 Å². The highest BCUT2D eigenvalue weighted by molar-refractivity contribution is 5.50. The Hall–Kier alpha value is -1.90. The van der Waals surface area contributed by atoms with Gasteiger partial charge in [-0.25, -0.2) is 0 Å². The Kier molecular flexibility index (Phi) is 5.54. The van der Waals surface area contributed by atoms with Crippen LogP contribution in [0.4, 0.5) is 0 Å². The van der Waals surface area contributed by atoms with Crippen LogP contribution in [0.15, 0.2) is 60.7 Å². The van der Waals surface area contributed by atoms with Gasteiger partial charge in [0.15, 0.2) is 0 Å². The minimum absolute atomic E-state index is 0.303. The largest absolute Gasteiger partial charge is 0.387 e. The molecule has 2 aromatic rings. The van der Waals surface area contributed by atoms with E-state index in [-0.39, 0.29) is 0 Å². The number of aliphatic hydroxyl groups is 1. The van der Waals surface area contributed by atoms with Crippen molar-refractivity contribution in [2.75, 3.05) is 6.61 Å². The van der Waals surface area contributed by atoms with Gasteiger partial charge in [0.05, 0.1) is 19.3 Å². The van der Waals surface area contributed by atoms with Crippen LogP contribution in [0.3, 0.4) is 0 Å². The predicted octanol–water partition coefficient (Wildman–Crippen LogP) is 3.59. The molecule has 0 aliphatic rings. The van der Waals surface area contributed by atoms with Crippen LogP contribution in [-0.2, 0) is 11.3 Å². The highest BCUT2D eigenvalue weighted by Crippen LogP contribution is 2.06. The average molecular weight is 268 g/mol. The van der Waals surface area contributed by atoms with Gasteiger partial charge in [-0.05, 0) is 18.1 Å². The highest BCUT2D eigenvalue weighted by atomic mass is 16.5. The van der Waals surface area contributed by atoms with E-state index in [9.17, 15) is 5.11 Å². The van der Waals surface area contributed by atoms with Crippen LogP contribution >= 0.6 is 0 Å². The molecule has 2 nitrogen and oxygen atoms in total. The summed E-state index contributed by atoms with van der Waals surface area (Å²) in [7, 11) is 0. The summed E-state index contributed by atoms with van der Waals surface area (Å²) in [6, 6.07) is 18.1. The Labute approximate surface area is 120 Å². The lowest BCUT2D eigenvalue weighted by atomic mass is 10.1. The molecule has 2 rings (SSSR count). The van der Waals surface area contributed by atoms with Gasteiger partial charge in [0.2, 0.25) is 0 Å². The van der Waals surface area contributed by atoms with E-state index in [1.165, 1.54) is 5.56 Å². The van der Waals surface area contributed by atoms with E-state index in [4.69, 9.17) is 4.74 Å². The lowest BCUT2D eigenvalue weighted by Crippen LogP contribution is -2.11. The number of hydrogen-bond acceptors (Lipinski definition) is 2. The molecule has 0 radical (unpaired) electrons. The normalized spacial score (nSPS) is 12.7. The summed E-state index contributed by atoms with van der Waals surface area (Å²) in [6.45, 7) is 2.88. The second kappa shape index (κ2) is 7.63. The summed E-state index contributed by atoms with van der Waals surface area (Å²) in [5, 5.41) is 9.83. The zero-order chi connectivity index (χ0) is 14.2. The number of aryl methyl sites for hydroxylation is 1. The molecule has 0 fully saturated rings. The molecule has 1 atom stereocenters. The summed E-state index contributed by atoms with van der Waals surface area (Å²) in [4.78, 5) is 0. The molecule has 0 heterocycles. The van der Waals surface area contributed by atoms with Crippen LogP contribution in [0, 0.1) is 6.92 Å². The smallest absolute Gasteiger partial charge is 0.0957 e. The molecule has 2 aromatic carbocycles. The second-order valence-electron chi connectivity index (χ2n) is 4.84. The van der Waals surface area contributed by atoms with Gasteiger partial charge in [0, 0.05) is 0 Å². The number of rotatable bonds is 6. The van der Waals surface area contributed by atoms with Gasteiger partial charge in [0.25, 0.3) is 0 Å². The second-order valence-corrected chi connectivity index (χ2v) is 4.84. The van der Waals surface area contributed by atoms with E-state index in [0.717, 1.165) is 11.1 Å². The molecular formula is C18H20O2. The first-order valence-corrected chi connectivity index (χ1v) is 6.78. The van der Waals surface area contributed by atoms with Crippen LogP contribution in [0.5, 0.6) is 0 Å². The maximum Gasteiger partial charge on any atom is 0.0957 e. The summed E-state index contributed by atoms with van der Waals surface area (Å²) in [5.74, 6) is 0. The molecule has 1 N–H and O–H groups in total. The van der Waals surface area contributed by atoms with Gasteiger partial charge >= 0.3 is 0 Å². The maximum absolute atomic E-state index is 9.83. The van der Waals surface area contributed by atoms with Gasteiger partial charge in [0.1, 0.15) is 0 Å². The number of aliphatic hydroxyl groups excluding tert-OH is 1. The summed E-state index contributed by atoms with van der Waals surface area (Å²) in [5.41, 5.74) is 3.42. The molecule has 0 aliphatic heterocycles. The molecule has 0 saturated carbocycles. The van der Waals surface area contributed by atoms with Crippen LogP contribution in [-0.4, -0.2) is 17.8 Å². The number of benzene rings is 2. The monoisotopic (exact) mass is 268 g/mol. The molecule has 104 valence electrons. The molecule has 0 aromatic heterocycles. The van der Waals surface area contributed by atoms with Crippen molar-refractivity contribution < 1.29 is 9.84 Å². The molecule has 0 unspecified atom stereocenters. The van der Waals surface area contributed by atoms with E-state index >= 15 is 0 Å². The van der Waals surface area contributed by atoms with Crippen LogP contribution in [0.25, 0.3) is 6.08 Å². The third-order valence-corrected chi connectivity index (χ3v) is 2.99. The predicted molar refractivity (Wildman–Crippen MR) is 82.3 cm³/mol. The third kappa shape index (κ3) is 5.00. The fourth-order valence-electron chi connectivity index (χ4n) is 1.83. The quantitative estimate of drug-likeness (QED) is 0.867. The number of hydrogen-bond donors (Lipinski definition) is 1. The van der Waals surface area contributed by atoms with Gasteiger partial charge < -0.3 is 9.84 Å². The lowest BCUT2D eigenvalue weighted by molar-refractivity contribution is 0.0507. The SMILES string of the molecule is Cc1ccc(/C=C/[C@@H](O)COCc2ccccc2)cc1. The standard InChI is InChI=1S/C18H20O2/c1-15-7-9-16(10-8-15)11-12-18(19)14-20-13-17-5-3-2-4-6-17/h2-12,18-19H,13-14H2,1H3/b12-11+/t18-/m1/s1. The van der Waals surface area contributed by atoms with Crippen molar-refractivity contribution in [3.63, 3.8) is 0 Å². The topological polar surface area (TPSA) is 29.5 Å². The van der Waals surface area contributed by atoms with E-state index in [0.29, 0.717) is 13.2 Å². The zero-order valence-corrected chi connectivity index (χ0v) is 11.7. The Bertz CT molecular complexity index is 529. The molecule has 20 heavy (non-hydrogen) atoms. The summed E-state index contributed by atoms with van der Waals surface area (Å²) < 4.78 is 5.49. The summed E-state index contributed by atoms with van der Waals surface area (Å²) in [6.07, 6.45) is 3.09. The molecule has 2 heteroatoms. The van der Waals surface area contributed by atoms with Crippen LogP contribution in [0.1, 0.15) is 16.7 Å². The minimum Gasteiger partial charge on any atom is -0.387 e. The molecule has 0 spiro atoms. The maximum atomic E-state index is 9.83. The van der Waals surface area contributed by atoms with Gasteiger partial charge in [-0.1, -0.05) is 72.3 Å². The number of ether oxygens (including phenoxy) is 1. The van der Waals surface area contributed by atoms with E-state index in [1.807, 2.05) is 48.5 Å². The molecule has 0 bridgehead atoms. The average Bonchev–Trinajstić information content (AvgIpc) is 2.48. The first-order valence-electron chi connectivity index (χ1n) is 6.78. The van der Waals surface area contributed by atoms with Crippen molar-refractivity contribution in [2.45, 2.75) is 19.6 Å². The molecule has 0 aliphatic carbocycles. The Balaban J connectivity index is 1.75. The fourth-order valence-corrected chi connectivity index (χ4v) is 1.83. The van der Waals surface area contributed by atoms with E-state index in [2.05, 4.69) is 19.1 Å². The van der Waals surface area contributed by atoms with E-state index < -0.39 is 6.10 Å². The Morgan fingerprint density at radius 1 is 1.05 bits per heavy atom. The van der Waals surface area contributed by atoms with Crippen molar-refractivity contribution in [1.82, 2.24) is 0 Å². The van der Waals surface area contributed by atoms with Crippen molar-refractivity contribution >= 4 is 6.08 Å². The first-order chi connectivity index (χ1) is 9.74. The highest BCUT2D eigenvalue weighted by Gasteiger charge is 1.99.